The number of benzene rings is 1. The molecule has 1 aromatic carbocycles. The van der Waals surface area contributed by atoms with Crippen molar-refractivity contribution in [3.63, 3.8) is 0 Å². The number of rotatable bonds is 12. The van der Waals surface area contributed by atoms with Gasteiger partial charge in [-0.05, 0) is 43.2 Å². The van der Waals surface area contributed by atoms with Crippen molar-refractivity contribution in [1.82, 2.24) is 0 Å². The van der Waals surface area contributed by atoms with Crippen molar-refractivity contribution in [2.24, 2.45) is 5.41 Å². The predicted molar refractivity (Wildman–Crippen MR) is 114 cm³/mol. The maximum atomic E-state index is 10.8. The van der Waals surface area contributed by atoms with Crippen molar-refractivity contribution in [1.29, 1.82) is 0 Å². The van der Waals surface area contributed by atoms with Crippen molar-refractivity contribution in [3.8, 4) is 0 Å². The maximum absolute atomic E-state index is 10.8. The molecule has 29 heavy (non-hydrogen) atoms. The summed E-state index contributed by atoms with van der Waals surface area (Å²) in [7, 11) is 0. The summed E-state index contributed by atoms with van der Waals surface area (Å²) in [5, 5.41) is 40.2. The second kappa shape index (κ2) is 11.5. The lowest BCUT2D eigenvalue weighted by Gasteiger charge is -2.31. The minimum Gasteiger partial charge on any atom is -0.481 e. The molecule has 1 aliphatic rings. The van der Waals surface area contributed by atoms with E-state index >= 15 is 0 Å². The van der Waals surface area contributed by atoms with Gasteiger partial charge in [-0.3, -0.25) is 4.79 Å². The fourth-order valence-electron chi connectivity index (χ4n) is 4.34. The summed E-state index contributed by atoms with van der Waals surface area (Å²) in [5.41, 5.74) is 1.53. The number of carboxylic acid groups (broad SMARTS) is 1. The van der Waals surface area contributed by atoms with Crippen LogP contribution >= 0.6 is 0 Å². The number of aliphatic hydroxyl groups excluding tert-OH is 3. The molecule has 1 fully saturated rings. The Morgan fingerprint density at radius 2 is 1.93 bits per heavy atom. The molecule has 0 spiro atoms. The monoisotopic (exact) mass is 404 g/mol. The average Bonchev–Trinajstić information content (AvgIpc) is 2.95. The van der Waals surface area contributed by atoms with Crippen LogP contribution in [-0.4, -0.2) is 44.7 Å². The molecule has 1 aliphatic carbocycles. The zero-order chi connectivity index (χ0) is 21.3. The molecule has 0 heterocycles. The van der Waals surface area contributed by atoms with Crippen molar-refractivity contribution < 1.29 is 25.2 Å². The fourth-order valence-corrected chi connectivity index (χ4v) is 4.34. The molecule has 2 rings (SSSR count). The van der Waals surface area contributed by atoms with Gasteiger partial charge in [0.05, 0.1) is 18.3 Å². The third-order valence-electron chi connectivity index (χ3n) is 6.00. The summed E-state index contributed by atoms with van der Waals surface area (Å²) in [5.74, 6) is -0.798. The van der Waals surface area contributed by atoms with Gasteiger partial charge in [0.25, 0.3) is 0 Å². The highest BCUT2D eigenvalue weighted by molar-refractivity contribution is 5.66. The van der Waals surface area contributed by atoms with Gasteiger partial charge in [-0.25, -0.2) is 0 Å². The van der Waals surface area contributed by atoms with Crippen LogP contribution in [0.4, 0.5) is 0 Å². The highest BCUT2D eigenvalue weighted by Gasteiger charge is 2.44. The van der Waals surface area contributed by atoms with Crippen LogP contribution in [0.15, 0.2) is 36.4 Å². The molecular weight excluding hydrogens is 368 g/mol. The molecule has 162 valence electrons. The Labute approximate surface area is 174 Å². The molecule has 0 aromatic heterocycles. The van der Waals surface area contributed by atoms with Gasteiger partial charge < -0.3 is 20.4 Å². The van der Waals surface area contributed by atoms with Crippen LogP contribution in [0.25, 0.3) is 0 Å². The molecule has 1 aromatic rings. The summed E-state index contributed by atoms with van der Waals surface area (Å²) in [6.45, 7) is 2.13. The molecule has 0 bridgehead atoms. The lowest BCUT2D eigenvalue weighted by Crippen LogP contribution is -2.31. The van der Waals surface area contributed by atoms with Crippen LogP contribution in [0.2, 0.25) is 0 Å². The minimum atomic E-state index is -0.798. The quantitative estimate of drug-likeness (QED) is 0.315. The standard InChI is InChI=1S/C24H36O5/c1-2-3-4-11-20(25)13-14-24(17-21(26)15-22(24)27)16-19-9-6-5-8-18(19)10-7-12-23(28)29/h5-6,8-9,13-14,20-22,25-27H,2-4,7,10-12,15-17H2,1H3,(H,28,29)/b14-13+/t20-,21-,22-,24+/m0/s1. The Balaban J connectivity index is 2.16. The summed E-state index contributed by atoms with van der Waals surface area (Å²) in [6.07, 6.45) is 8.47. The van der Waals surface area contributed by atoms with E-state index in [0.717, 1.165) is 30.4 Å². The van der Waals surface area contributed by atoms with E-state index in [4.69, 9.17) is 5.11 Å². The van der Waals surface area contributed by atoms with Gasteiger partial charge in [0, 0.05) is 18.3 Å². The van der Waals surface area contributed by atoms with Gasteiger partial charge in [-0.1, -0.05) is 62.6 Å². The van der Waals surface area contributed by atoms with Crippen LogP contribution in [0.1, 0.15) is 69.4 Å². The first-order chi connectivity index (χ1) is 13.9. The molecule has 0 unspecified atom stereocenters. The van der Waals surface area contributed by atoms with Crippen LogP contribution in [0.5, 0.6) is 0 Å². The van der Waals surface area contributed by atoms with Gasteiger partial charge in [0.15, 0.2) is 0 Å². The largest absolute Gasteiger partial charge is 0.481 e. The number of carbonyl (C=O) groups is 1. The van der Waals surface area contributed by atoms with E-state index in [1.54, 1.807) is 6.08 Å². The molecule has 0 amide bonds. The Bertz CT molecular complexity index is 671. The zero-order valence-electron chi connectivity index (χ0n) is 17.5. The Kier molecular flexibility index (Phi) is 9.34. The van der Waals surface area contributed by atoms with Crippen LogP contribution < -0.4 is 0 Å². The summed E-state index contributed by atoms with van der Waals surface area (Å²) < 4.78 is 0. The van der Waals surface area contributed by atoms with Gasteiger partial charge in [0.1, 0.15) is 0 Å². The predicted octanol–water partition coefficient (Wildman–Crippen LogP) is 3.64. The first-order valence-electron chi connectivity index (χ1n) is 10.9. The highest BCUT2D eigenvalue weighted by Crippen LogP contribution is 2.43. The summed E-state index contributed by atoms with van der Waals surface area (Å²) in [6, 6.07) is 7.91. The zero-order valence-corrected chi connectivity index (χ0v) is 17.5. The SMILES string of the molecule is CCCCC[C@H](O)/C=C/[C@@]1(Cc2ccccc2CCCC(=O)O)C[C@@H](O)C[C@@H]1O. The minimum absolute atomic E-state index is 0.130. The number of aliphatic carboxylic acids is 1. The number of carboxylic acids is 1. The first-order valence-corrected chi connectivity index (χ1v) is 10.9. The van der Waals surface area contributed by atoms with Crippen molar-refractivity contribution in [2.45, 2.75) is 89.4 Å². The van der Waals surface area contributed by atoms with E-state index in [0.29, 0.717) is 38.5 Å². The number of unbranched alkanes of at least 4 members (excludes halogenated alkanes) is 2. The third-order valence-corrected chi connectivity index (χ3v) is 6.00. The van der Waals surface area contributed by atoms with E-state index in [-0.39, 0.29) is 6.42 Å². The number of aliphatic hydroxyl groups is 3. The number of hydrogen-bond acceptors (Lipinski definition) is 4. The van der Waals surface area contributed by atoms with Gasteiger partial charge in [-0.15, -0.1) is 0 Å². The molecule has 0 saturated heterocycles. The first kappa shape index (κ1) is 23.6. The lowest BCUT2D eigenvalue weighted by molar-refractivity contribution is -0.137. The summed E-state index contributed by atoms with van der Waals surface area (Å²) in [4.78, 5) is 10.8. The Hall–Kier alpha value is -1.69. The van der Waals surface area contributed by atoms with Gasteiger partial charge >= 0.3 is 5.97 Å². The topological polar surface area (TPSA) is 98.0 Å². The molecule has 4 N–H and O–H groups in total. The molecular formula is C24H36O5. The normalized spacial score (nSPS) is 25.5. The van der Waals surface area contributed by atoms with E-state index in [2.05, 4.69) is 6.92 Å². The van der Waals surface area contributed by atoms with Crippen molar-refractivity contribution in [3.05, 3.63) is 47.5 Å². The van der Waals surface area contributed by atoms with E-state index < -0.39 is 29.7 Å². The molecule has 1 saturated carbocycles. The molecule has 0 radical (unpaired) electrons. The second-order valence-corrected chi connectivity index (χ2v) is 8.46. The third kappa shape index (κ3) is 7.25. The summed E-state index contributed by atoms with van der Waals surface area (Å²) >= 11 is 0. The molecule has 5 heteroatoms. The molecule has 4 atom stereocenters. The van der Waals surface area contributed by atoms with E-state index in [9.17, 15) is 20.1 Å². The maximum Gasteiger partial charge on any atom is 0.303 e. The smallest absolute Gasteiger partial charge is 0.303 e. The number of hydrogen-bond donors (Lipinski definition) is 4. The molecule has 0 aliphatic heterocycles. The lowest BCUT2D eigenvalue weighted by atomic mass is 9.76. The van der Waals surface area contributed by atoms with Crippen LogP contribution in [-0.2, 0) is 17.6 Å². The number of aryl methyl sites for hydroxylation is 1. The van der Waals surface area contributed by atoms with Crippen LogP contribution in [0.3, 0.4) is 0 Å². The van der Waals surface area contributed by atoms with Gasteiger partial charge in [-0.2, -0.15) is 0 Å². The van der Waals surface area contributed by atoms with Crippen molar-refractivity contribution >= 4 is 5.97 Å². The fraction of sp³-hybridized carbons (Fsp3) is 0.625. The molecule has 5 nitrogen and oxygen atoms in total. The van der Waals surface area contributed by atoms with Crippen molar-refractivity contribution in [2.75, 3.05) is 0 Å². The Morgan fingerprint density at radius 1 is 1.21 bits per heavy atom. The highest BCUT2D eigenvalue weighted by atomic mass is 16.4. The van der Waals surface area contributed by atoms with Crippen LogP contribution in [0, 0.1) is 5.41 Å². The second-order valence-electron chi connectivity index (χ2n) is 8.46. The van der Waals surface area contributed by atoms with Gasteiger partial charge in [0.2, 0.25) is 0 Å². The average molecular weight is 405 g/mol. The van der Waals surface area contributed by atoms with E-state index in [1.807, 2.05) is 30.3 Å². The Morgan fingerprint density at radius 3 is 2.55 bits per heavy atom. The van der Waals surface area contributed by atoms with E-state index in [1.165, 1.54) is 0 Å².